The number of carbonyl (C=O) groups excluding carboxylic acids is 1. The van der Waals surface area contributed by atoms with Crippen LogP contribution in [0.25, 0.3) is 5.65 Å². The summed E-state index contributed by atoms with van der Waals surface area (Å²) in [6, 6.07) is 7.90. The number of nitrogens with one attached hydrogen (secondary N) is 1. The third-order valence-electron chi connectivity index (χ3n) is 5.36. The van der Waals surface area contributed by atoms with Crippen LogP contribution in [0.4, 0.5) is 0 Å². The molecule has 1 aliphatic rings. The molecule has 4 rings (SSSR count). The molecule has 0 aromatic carbocycles. The van der Waals surface area contributed by atoms with E-state index in [0.717, 1.165) is 35.8 Å². The van der Waals surface area contributed by atoms with Gasteiger partial charge in [-0.25, -0.2) is 4.98 Å². The van der Waals surface area contributed by atoms with E-state index in [1.54, 1.807) is 6.07 Å². The molecule has 4 heterocycles. The normalized spacial score (nSPS) is 16.5. The van der Waals surface area contributed by atoms with Gasteiger partial charge in [-0.1, -0.05) is 12.5 Å². The van der Waals surface area contributed by atoms with Crippen molar-refractivity contribution in [3.05, 3.63) is 59.4 Å². The highest BCUT2D eigenvalue weighted by molar-refractivity contribution is 5.91. The van der Waals surface area contributed by atoms with Crippen LogP contribution >= 0.6 is 0 Å². The zero-order valence-electron chi connectivity index (χ0n) is 15.9. The molecular formula is C21H26N4O2. The van der Waals surface area contributed by atoms with Crippen LogP contribution < -0.4 is 5.32 Å². The zero-order valence-corrected chi connectivity index (χ0v) is 15.9. The number of aromatic nitrogens is 2. The molecule has 0 spiro atoms. The summed E-state index contributed by atoms with van der Waals surface area (Å²) in [5, 5.41) is 2.91. The van der Waals surface area contributed by atoms with Gasteiger partial charge in [-0.3, -0.25) is 9.69 Å². The van der Waals surface area contributed by atoms with E-state index in [1.165, 1.54) is 19.3 Å². The van der Waals surface area contributed by atoms with Crippen molar-refractivity contribution in [2.24, 2.45) is 0 Å². The van der Waals surface area contributed by atoms with E-state index in [2.05, 4.69) is 22.1 Å². The molecule has 27 heavy (non-hydrogen) atoms. The summed E-state index contributed by atoms with van der Waals surface area (Å²) in [4.78, 5) is 19.5. The van der Waals surface area contributed by atoms with Gasteiger partial charge in [-0.05, 0) is 63.5 Å². The quantitative estimate of drug-likeness (QED) is 0.748. The fraction of sp³-hybridized carbons (Fsp3) is 0.429. The molecular weight excluding hydrogens is 340 g/mol. The second-order valence-electron chi connectivity index (χ2n) is 7.31. The molecule has 3 aromatic rings. The number of pyridine rings is 1. The van der Waals surface area contributed by atoms with Gasteiger partial charge in [-0.15, -0.1) is 0 Å². The van der Waals surface area contributed by atoms with E-state index in [9.17, 15) is 4.79 Å². The Morgan fingerprint density at radius 3 is 2.85 bits per heavy atom. The number of hydrogen-bond donors (Lipinski definition) is 1. The molecule has 142 valence electrons. The molecule has 1 fully saturated rings. The summed E-state index contributed by atoms with van der Waals surface area (Å²) in [6.07, 6.45) is 7.67. The minimum atomic E-state index is -0.208. The van der Waals surface area contributed by atoms with Gasteiger partial charge in [0.05, 0.1) is 18.3 Å². The molecule has 6 nitrogen and oxygen atoms in total. The monoisotopic (exact) mass is 366 g/mol. The van der Waals surface area contributed by atoms with E-state index in [1.807, 2.05) is 41.9 Å². The van der Waals surface area contributed by atoms with E-state index in [4.69, 9.17) is 4.42 Å². The maximum atomic E-state index is 12.5. The average Bonchev–Trinajstić information content (AvgIpc) is 3.34. The van der Waals surface area contributed by atoms with Crippen LogP contribution in [0.5, 0.6) is 0 Å². The van der Waals surface area contributed by atoms with Gasteiger partial charge in [-0.2, -0.15) is 0 Å². The number of carbonyl (C=O) groups is 1. The first-order chi connectivity index (χ1) is 13.1. The van der Waals surface area contributed by atoms with E-state index >= 15 is 0 Å². The molecule has 0 aliphatic carbocycles. The Kier molecular flexibility index (Phi) is 4.99. The highest BCUT2D eigenvalue weighted by atomic mass is 16.4. The first-order valence-electron chi connectivity index (χ1n) is 9.67. The van der Waals surface area contributed by atoms with Crippen LogP contribution in [0.3, 0.4) is 0 Å². The van der Waals surface area contributed by atoms with Crippen molar-refractivity contribution in [1.29, 1.82) is 0 Å². The number of furan rings is 1. The van der Waals surface area contributed by atoms with Gasteiger partial charge in [0, 0.05) is 12.4 Å². The molecule has 1 saturated heterocycles. The molecule has 0 saturated carbocycles. The summed E-state index contributed by atoms with van der Waals surface area (Å²) < 4.78 is 7.82. The second kappa shape index (κ2) is 7.56. The Hall–Kier alpha value is -2.60. The van der Waals surface area contributed by atoms with Gasteiger partial charge < -0.3 is 14.1 Å². The fourth-order valence-corrected chi connectivity index (χ4v) is 3.73. The van der Waals surface area contributed by atoms with E-state index < -0.39 is 0 Å². The van der Waals surface area contributed by atoms with E-state index in [0.29, 0.717) is 12.3 Å². The standard InChI is InChI=1S/C21H26N4O2/c1-15-7-6-12-25-14-17(23-20(15)25)13-22-21(26)19-9-8-18(27-19)16(2)24-10-4-3-5-11-24/h6-9,12,14,16H,3-5,10-11,13H2,1-2H3,(H,22,26). The van der Waals surface area contributed by atoms with Crippen molar-refractivity contribution in [1.82, 2.24) is 19.6 Å². The lowest BCUT2D eigenvalue weighted by atomic mass is 10.1. The first kappa shape index (κ1) is 17.8. The van der Waals surface area contributed by atoms with Crippen molar-refractivity contribution in [2.45, 2.75) is 45.7 Å². The maximum Gasteiger partial charge on any atom is 0.287 e. The number of amides is 1. The minimum absolute atomic E-state index is 0.202. The average molecular weight is 366 g/mol. The molecule has 1 atom stereocenters. The van der Waals surface area contributed by atoms with Crippen LogP contribution in [0, 0.1) is 6.92 Å². The largest absolute Gasteiger partial charge is 0.454 e. The maximum absolute atomic E-state index is 12.5. The number of nitrogens with zero attached hydrogens (tertiary/aromatic N) is 3. The topological polar surface area (TPSA) is 62.8 Å². The number of imidazole rings is 1. The zero-order chi connectivity index (χ0) is 18.8. The Labute approximate surface area is 159 Å². The number of aryl methyl sites for hydroxylation is 1. The molecule has 1 aliphatic heterocycles. The van der Waals surface area contributed by atoms with Crippen molar-refractivity contribution in [3.63, 3.8) is 0 Å². The van der Waals surface area contributed by atoms with Crippen LogP contribution in [-0.2, 0) is 6.54 Å². The lowest BCUT2D eigenvalue weighted by Gasteiger charge is -2.31. The molecule has 3 aromatic heterocycles. The Morgan fingerprint density at radius 2 is 2.07 bits per heavy atom. The van der Waals surface area contributed by atoms with Gasteiger partial charge in [0.25, 0.3) is 5.91 Å². The second-order valence-corrected chi connectivity index (χ2v) is 7.31. The van der Waals surface area contributed by atoms with Crippen LogP contribution in [0.1, 0.15) is 59.8 Å². The number of likely N-dealkylation sites (tertiary alicyclic amines) is 1. The summed E-state index contributed by atoms with van der Waals surface area (Å²) in [7, 11) is 0. The van der Waals surface area contributed by atoms with Gasteiger partial charge in [0.15, 0.2) is 5.76 Å². The Balaban J connectivity index is 1.39. The predicted molar refractivity (Wildman–Crippen MR) is 104 cm³/mol. The molecule has 0 bridgehead atoms. The highest BCUT2D eigenvalue weighted by Crippen LogP contribution is 2.25. The molecule has 6 heteroatoms. The molecule has 1 unspecified atom stereocenters. The fourth-order valence-electron chi connectivity index (χ4n) is 3.73. The lowest BCUT2D eigenvalue weighted by molar-refractivity contribution is 0.0913. The molecule has 1 amide bonds. The Morgan fingerprint density at radius 1 is 1.26 bits per heavy atom. The van der Waals surface area contributed by atoms with Crippen LogP contribution in [0.2, 0.25) is 0 Å². The van der Waals surface area contributed by atoms with Crippen LogP contribution in [0.15, 0.2) is 41.1 Å². The minimum Gasteiger partial charge on any atom is -0.454 e. The predicted octanol–water partition coefficient (Wildman–Crippen LogP) is 3.71. The SMILES string of the molecule is Cc1cccn2cc(CNC(=O)c3ccc(C(C)N4CCCCC4)o3)nc12. The van der Waals surface area contributed by atoms with Gasteiger partial charge >= 0.3 is 0 Å². The van der Waals surface area contributed by atoms with Crippen molar-refractivity contribution < 1.29 is 9.21 Å². The molecule has 0 radical (unpaired) electrons. The van der Waals surface area contributed by atoms with Crippen molar-refractivity contribution in [2.75, 3.05) is 13.1 Å². The summed E-state index contributed by atoms with van der Waals surface area (Å²) in [5.74, 6) is 1.00. The van der Waals surface area contributed by atoms with Crippen LogP contribution in [-0.4, -0.2) is 33.3 Å². The number of hydrogen-bond acceptors (Lipinski definition) is 4. The Bertz CT molecular complexity index is 937. The van der Waals surface area contributed by atoms with Gasteiger partial charge in [0.2, 0.25) is 0 Å². The third-order valence-corrected chi connectivity index (χ3v) is 5.36. The summed E-state index contributed by atoms with van der Waals surface area (Å²) >= 11 is 0. The first-order valence-corrected chi connectivity index (χ1v) is 9.67. The third kappa shape index (κ3) is 3.76. The smallest absolute Gasteiger partial charge is 0.287 e. The van der Waals surface area contributed by atoms with E-state index in [-0.39, 0.29) is 11.9 Å². The number of fused-ring (bicyclic) bond motifs is 1. The lowest BCUT2D eigenvalue weighted by Crippen LogP contribution is -2.32. The highest BCUT2D eigenvalue weighted by Gasteiger charge is 2.22. The summed E-state index contributed by atoms with van der Waals surface area (Å²) in [5.41, 5.74) is 2.85. The molecule has 1 N–H and O–H groups in total. The number of rotatable bonds is 5. The summed E-state index contributed by atoms with van der Waals surface area (Å²) in [6.45, 7) is 6.73. The van der Waals surface area contributed by atoms with Crippen molar-refractivity contribution >= 4 is 11.6 Å². The van der Waals surface area contributed by atoms with Crippen molar-refractivity contribution in [3.8, 4) is 0 Å². The van der Waals surface area contributed by atoms with Gasteiger partial charge in [0.1, 0.15) is 11.4 Å². The number of piperidine rings is 1.